The lowest BCUT2D eigenvalue weighted by Gasteiger charge is -2.18. The topological polar surface area (TPSA) is 59.9 Å². The highest BCUT2D eigenvalue weighted by atomic mass is 32.1. The number of nitrogens with zero attached hydrogens (tertiary/aromatic N) is 2. The second kappa shape index (κ2) is 4.95. The lowest BCUT2D eigenvalue weighted by molar-refractivity contribution is 0.415. The van der Waals surface area contributed by atoms with Crippen LogP contribution in [0.2, 0.25) is 0 Å². The zero-order valence-corrected chi connectivity index (χ0v) is 15.1. The van der Waals surface area contributed by atoms with Gasteiger partial charge in [-0.3, -0.25) is 9.36 Å². The standard InChI is InChI=1S/C19H17N3O2S/c1-9-10(2)25-18-15(9)19(23)22-7-6-12-13-8-11(24-3)4-5-14(13)20-16(12)17(22)21-18/h4-5,8,20H,6-7H2,1-3H3. The van der Waals surface area contributed by atoms with E-state index in [0.29, 0.717) is 6.54 Å². The molecule has 126 valence electrons. The molecule has 0 spiro atoms. The number of aryl methyl sites for hydroxylation is 3. The van der Waals surface area contributed by atoms with Crippen LogP contribution in [-0.4, -0.2) is 21.6 Å². The Balaban J connectivity index is 1.86. The predicted octanol–water partition coefficient (Wildman–Crippen LogP) is 3.79. The molecule has 25 heavy (non-hydrogen) atoms. The van der Waals surface area contributed by atoms with E-state index in [9.17, 15) is 4.79 Å². The highest BCUT2D eigenvalue weighted by Crippen LogP contribution is 2.36. The summed E-state index contributed by atoms with van der Waals surface area (Å²) in [5.41, 5.74) is 4.35. The number of ether oxygens (including phenoxy) is 1. The molecular weight excluding hydrogens is 334 g/mol. The molecular formula is C19H17N3O2S. The number of nitrogens with one attached hydrogen (secondary N) is 1. The molecule has 4 heterocycles. The van der Waals surface area contributed by atoms with Crippen molar-refractivity contribution in [1.29, 1.82) is 0 Å². The third-order valence-corrected chi connectivity index (χ3v) is 6.31. The molecule has 1 aliphatic rings. The third-order valence-electron chi connectivity index (χ3n) is 5.21. The van der Waals surface area contributed by atoms with Gasteiger partial charge in [-0.1, -0.05) is 0 Å². The Labute approximate surface area is 147 Å². The van der Waals surface area contributed by atoms with Crippen LogP contribution >= 0.6 is 11.3 Å². The zero-order chi connectivity index (χ0) is 17.3. The van der Waals surface area contributed by atoms with Crippen LogP contribution in [-0.2, 0) is 13.0 Å². The fraction of sp³-hybridized carbons (Fsp3) is 0.263. The molecule has 0 radical (unpaired) electrons. The SMILES string of the molecule is COc1ccc2[nH]c3c(c2c1)CCn1c-3nc2sc(C)c(C)c2c1=O. The van der Waals surface area contributed by atoms with Gasteiger partial charge in [0.1, 0.15) is 10.6 Å². The first kappa shape index (κ1) is 14.7. The Hall–Kier alpha value is -2.60. The number of hydrogen-bond acceptors (Lipinski definition) is 4. The first-order chi connectivity index (χ1) is 12.1. The molecule has 0 aliphatic carbocycles. The Morgan fingerprint density at radius 3 is 2.96 bits per heavy atom. The van der Waals surface area contributed by atoms with Crippen molar-refractivity contribution < 1.29 is 4.74 Å². The van der Waals surface area contributed by atoms with Crippen molar-refractivity contribution in [3.63, 3.8) is 0 Å². The molecule has 1 aliphatic heterocycles. The Morgan fingerprint density at radius 2 is 2.16 bits per heavy atom. The number of aromatic nitrogens is 3. The van der Waals surface area contributed by atoms with E-state index in [1.807, 2.05) is 30.5 Å². The molecule has 0 atom stereocenters. The molecule has 0 unspecified atom stereocenters. The van der Waals surface area contributed by atoms with Gasteiger partial charge in [-0.25, -0.2) is 4.98 Å². The van der Waals surface area contributed by atoms with Crippen LogP contribution in [0, 0.1) is 13.8 Å². The van der Waals surface area contributed by atoms with E-state index in [2.05, 4.69) is 11.1 Å². The minimum Gasteiger partial charge on any atom is -0.497 e. The number of methoxy groups -OCH3 is 1. The van der Waals surface area contributed by atoms with Crippen LogP contribution in [0.1, 0.15) is 16.0 Å². The lowest BCUT2D eigenvalue weighted by Crippen LogP contribution is -2.27. The molecule has 3 aromatic heterocycles. The monoisotopic (exact) mass is 351 g/mol. The molecule has 5 rings (SSSR count). The number of H-pyrrole nitrogens is 1. The maximum Gasteiger partial charge on any atom is 0.262 e. The molecule has 0 amide bonds. The summed E-state index contributed by atoms with van der Waals surface area (Å²) in [6.07, 6.45) is 0.810. The van der Waals surface area contributed by atoms with Crippen molar-refractivity contribution in [3.8, 4) is 17.3 Å². The first-order valence-corrected chi connectivity index (χ1v) is 9.09. The van der Waals surface area contributed by atoms with Crippen molar-refractivity contribution in [3.05, 3.63) is 44.6 Å². The summed E-state index contributed by atoms with van der Waals surface area (Å²) < 4.78 is 7.18. The third kappa shape index (κ3) is 1.88. The van der Waals surface area contributed by atoms with E-state index in [1.54, 1.807) is 18.4 Å². The van der Waals surface area contributed by atoms with Crippen LogP contribution in [0.5, 0.6) is 5.75 Å². The molecule has 0 fully saturated rings. The number of benzene rings is 1. The highest BCUT2D eigenvalue weighted by Gasteiger charge is 2.25. The zero-order valence-electron chi connectivity index (χ0n) is 14.3. The molecule has 4 aromatic rings. The van der Waals surface area contributed by atoms with Crippen LogP contribution in [0.25, 0.3) is 32.6 Å². The highest BCUT2D eigenvalue weighted by molar-refractivity contribution is 7.18. The minimum atomic E-state index is 0.0729. The van der Waals surface area contributed by atoms with Crippen molar-refractivity contribution in [2.75, 3.05) is 7.11 Å². The van der Waals surface area contributed by atoms with Crippen LogP contribution in [0.3, 0.4) is 0 Å². The largest absolute Gasteiger partial charge is 0.497 e. The quantitative estimate of drug-likeness (QED) is 0.568. The van der Waals surface area contributed by atoms with Gasteiger partial charge in [0.15, 0.2) is 5.82 Å². The summed E-state index contributed by atoms with van der Waals surface area (Å²) in [5, 5.41) is 1.92. The fourth-order valence-corrected chi connectivity index (χ4v) is 4.77. The van der Waals surface area contributed by atoms with E-state index < -0.39 is 0 Å². The average Bonchev–Trinajstić information content (AvgIpc) is 3.12. The van der Waals surface area contributed by atoms with Gasteiger partial charge in [0.05, 0.1) is 18.2 Å². The van der Waals surface area contributed by atoms with E-state index in [-0.39, 0.29) is 5.56 Å². The summed E-state index contributed by atoms with van der Waals surface area (Å²) in [7, 11) is 1.68. The summed E-state index contributed by atoms with van der Waals surface area (Å²) in [4.78, 5) is 23.3. The number of hydrogen-bond donors (Lipinski definition) is 1. The maximum absolute atomic E-state index is 13.0. The predicted molar refractivity (Wildman–Crippen MR) is 101 cm³/mol. The van der Waals surface area contributed by atoms with Gasteiger partial charge in [-0.2, -0.15) is 0 Å². The van der Waals surface area contributed by atoms with Gasteiger partial charge >= 0.3 is 0 Å². The Morgan fingerprint density at radius 1 is 1.32 bits per heavy atom. The van der Waals surface area contributed by atoms with Gasteiger partial charge in [-0.15, -0.1) is 11.3 Å². The Kier molecular flexibility index (Phi) is 2.92. The second-order valence-corrected chi connectivity index (χ2v) is 7.70. The van der Waals surface area contributed by atoms with Gasteiger partial charge < -0.3 is 9.72 Å². The maximum atomic E-state index is 13.0. The van der Waals surface area contributed by atoms with Gasteiger partial charge in [0, 0.05) is 22.3 Å². The summed E-state index contributed by atoms with van der Waals surface area (Å²) in [5.74, 6) is 1.58. The van der Waals surface area contributed by atoms with Gasteiger partial charge in [0.2, 0.25) is 0 Å². The van der Waals surface area contributed by atoms with Crippen molar-refractivity contribution in [2.45, 2.75) is 26.8 Å². The molecule has 0 saturated carbocycles. The molecule has 0 saturated heterocycles. The Bertz CT molecular complexity index is 1230. The minimum absolute atomic E-state index is 0.0729. The molecule has 5 nitrogen and oxygen atoms in total. The fourth-order valence-electron chi connectivity index (χ4n) is 3.75. The molecule has 0 bridgehead atoms. The number of fused-ring (bicyclic) bond motifs is 6. The summed E-state index contributed by atoms with van der Waals surface area (Å²) >= 11 is 1.60. The van der Waals surface area contributed by atoms with Crippen molar-refractivity contribution in [2.24, 2.45) is 0 Å². The van der Waals surface area contributed by atoms with Gasteiger partial charge in [0.25, 0.3) is 5.56 Å². The van der Waals surface area contributed by atoms with E-state index >= 15 is 0 Å². The van der Waals surface area contributed by atoms with Crippen LogP contribution in [0.4, 0.5) is 0 Å². The number of thiophene rings is 1. The lowest BCUT2D eigenvalue weighted by atomic mass is 10.0. The summed E-state index contributed by atoms with van der Waals surface area (Å²) in [6, 6.07) is 6.02. The van der Waals surface area contributed by atoms with Crippen LogP contribution < -0.4 is 10.3 Å². The average molecular weight is 351 g/mol. The van der Waals surface area contributed by atoms with Crippen LogP contribution in [0.15, 0.2) is 23.0 Å². The molecule has 1 N–H and O–H groups in total. The first-order valence-electron chi connectivity index (χ1n) is 8.28. The number of aromatic amines is 1. The normalized spacial score (nSPS) is 13.2. The van der Waals surface area contributed by atoms with Gasteiger partial charge in [-0.05, 0) is 49.6 Å². The van der Waals surface area contributed by atoms with Crippen molar-refractivity contribution in [1.82, 2.24) is 14.5 Å². The molecule has 1 aromatic carbocycles. The second-order valence-electron chi connectivity index (χ2n) is 6.50. The molecule has 6 heteroatoms. The summed E-state index contributed by atoms with van der Waals surface area (Å²) in [6.45, 7) is 4.71. The van der Waals surface area contributed by atoms with E-state index in [1.165, 1.54) is 5.56 Å². The number of rotatable bonds is 1. The van der Waals surface area contributed by atoms with Crippen molar-refractivity contribution >= 4 is 32.5 Å². The van der Waals surface area contributed by atoms with E-state index in [4.69, 9.17) is 9.72 Å². The van der Waals surface area contributed by atoms with E-state index in [0.717, 1.165) is 55.2 Å². The smallest absolute Gasteiger partial charge is 0.262 e.